The summed E-state index contributed by atoms with van der Waals surface area (Å²) in [6.45, 7) is 0.439. The van der Waals surface area contributed by atoms with Gasteiger partial charge in [-0.1, -0.05) is 34.1 Å². The molecule has 0 unspecified atom stereocenters. The van der Waals surface area contributed by atoms with Crippen molar-refractivity contribution in [3.63, 3.8) is 0 Å². The molecule has 0 saturated heterocycles. The molecule has 0 aliphatic carbocycles. The summed E-state index contributed by atoms with van der Waals surface area (Å²) in [5, 5.41) is 0. The Bertz CT molecular complexity index is 759. The lowest BCUT2D eigenvalue weighted by molar-refractivity contribution is -0.137. The van der Waals surface area contributed by atoms with Crippen molar-refractivity contribution in [2.45, 2.75) is 19.3 Å². The highest BCUT2D eigenvalue weighted by molar-refractivity contribution is 9.10. The van der Waals surface area contributed by atoms with Crippen LogP contribution in [0.1, 0.15) is 16.7 Å². The van der Waals surface area contributed by atoms with Gasteiger partial charge in [-0.15, -0.1) is 0 Å². The van der Waals surface area contributed by atoms with Gasteiger partial charge in [-0.3, -0.25) is 4.79 Å². The molecule has 1 aliphatic heterocycles. The van der Waals surface area contributed by atoms with E-state index in [1.165, 1.54) is 17.0 Å². The minimum atomic E-state index is -4.37. The van der Waals surface area contributed by atoms with Crippen LogP contribution in [0, 0.1) is 0 Å². The average Bonchev–Trinajstić information content (AvgIpc) is 2.67. The van der Waals surface area contributed by atoms with E-state index in [1.807, 2.05) is 18.2 Å². The SMILES string of the molecule is O=C1COCc2ccc(Br)cc2N1Cc1ccc(C(F)(F)F)cc1. The Labute approximate surface area is 145 Å². The molecule has 0 fully saturated rings. The van der Waals surface area contributed by atoms with E-state index in [0.29, 0.717) is 17.9 Å². The number of carbonyl (C=O) groups excluding carboxylic acids is 1. The molecule has 0 atom stereocenters. The molecule has 0 saturated carbocycles. The number of amides is 1. The highest BCUT2D eigenvalue weighted by Gasteiger charge is 2.30. The first kappa shape index (κ1) is 17.0. The van der Waals surface area contributed by atoms with Crippen LogP contribution in [-0.2, 0) is 28.9 Å². The minimum Gasteiger partial charge on any atom is -0.367 e. The lowest BCUT2D eigenvalue weighted by Gasteiger charge is -2.23. The van der Waals surface area contributed by atoms with E-state index < -0.39 is 11.7 Å². The number of halogens is 4. The molecule has 0 bridgehead atoms. The number of nitrogens with zero attached hydrogens (tertiary/aromatic N) is 1. The number of hydrogen-bond acceptors (Lipinski definition) is 2. The lowest BCUT2D eigenvalue weighted by atomic mass is 10.1. The summed E-state index contributed by atoms with van der Waals surface area (Å²) >= 11 is 3.38. The fourth-order valence-electron chi connectivity index (χ4n) is 2.53. The molecule has 1 amide bonds. The summed E-state index contributed by atoms with van der Waals surface area (Å²) in [5.41, 5.74) is 1.46. The third-order valence-electron chi connectivity index (χ3n) is 3.74. The van der Waals surface area contributed by atoms with Crippen molar-refractivity contribution in [2.24, 2.45) is 0 Å². The monoisotopic (exact) mass is 399 g/mol. The molecule has 24 heavy (non-hydrogen) atoms. The van der Waals surface area contributed by atoms with Crippen molar-refractivity contribution >= 4 is 27.5 Å². The van der Waals surface area contributed by atoms with Crippen LogP contribution in [0.2, 0.25) is 0 Å². The minimum absolute atomic E-state index is 0.0626. The lowest BCUT2D eigenvalue weighted by Crippen LogP contribution is -2.32. The van der Waals surface area contributed by atoms with Gasteiger partial charge in [-0.2, -0.15) is 13.2 Å². The van der Waals surface area contributed by atoms with E-state index in [9.17, 15) is 18.0 Å². The van der Waals surface area contributed by atoms with Gasteiger partial charge in [0.2, 0.25) is 0 Å². The maximum absolute atomic E-state index is 12.6. The maximum Gasteiger partial charge on any atom is 0.416 e. The molecule has 2 aromatic carbocycles. The van der Waals surface area contributed by atoms with Crippen LogP contribution >= 0.6 is 15.9 Å². The van der Waals surface area contributed by atoms with Crippen molar-refractivity contribution in [3.05, 3.63) is 63.6 Å². The zero-order chi connectivity index (χ0) is 17.3. The van der Waals surface area contributed by atoms with Crippen LogP contribution in [0.15, 0.2) is 46.9 Å². The number of ether oxygens (including phenoxy) is 1. The molecule has 0 N–H and O–H groups in total. The fraction of sp³-hybridized carbons (Fsp3) is 0.235. The number of benzene rings is 2. The second-order valence-electron chi connectivity index (χ2n) is 5.44. The number of carbonyl (C=O) groups is 1. The second kappa shape index (κ2) is 6.57. The zero-order valence-corrected chi connectivity index (χ0v) is 14.0. The molecule has 126 valence electrons. The van der Waals surface area contributed by atoms with Crippen LogP contribution in [0.4, 0.5) is 18.9 Å². The summed E-state index contributed by atoms with van der Waals surface area (Å²) < 4.78 is 44.1. The molecule has 3 nitrogen and oxygen atoms in total. The number of hydrogen-bond donors (Lipinski definition) is 0. The van der Waals surface area contributed by atoms with Crippen molar-refractivity contribution in [2.75, 3.05) is 11.5 Å². The summed E-state index contributed by atoms with van der Waals surface area (Å²) in [4.78, 5) is 13.9. The number of rotatable bonds is 2. The molecule has 1 heterocycles. The van der Waals surface area contributed by atoms with Crippen LogP contribution in [0.3, 0.4) is 0 Å². The predicted molar refractivity (Wildman–Crippen MR) is 86.4 cm³/mol. The van der Waals surface area contributed by atoms with Crippen molar-refractivity contribution < 1.29 is 22.7 Å². The summed E-state index contributed by atoms with van der Waals surface area (Å²) in [5.74, 6) is -0.230. The van der Waals surface area contributed by atoms with Crippen LogP contribution < -0.4 is 4.90 Å². The van der Waals surface area contributed by atoms with Crippen molar-refractivity contribution in [1.82, 2.24) is 0 Å². The van der Waals surface area contributed by atoms with Gasteiger partial charge < -0.3 is 9.64 Å². The maximum atomic E-state index is 12.6. The second-order valence-corrected chi connectivity index (χ2v) is 6.36. The Morgan fingerprint density at radius 2 is 1.79 bits per heavy atom. The smallest absolute Gasteiger partial charge is 0.367 e. The van der Waals surface area contributed by atoms with Gasteiger partial charge >= 0.3 is 6.18 Å². The third-order valence-corrected chi connectivity index (χ3v) is 4.24. The van der Waals surface area contributed by atoms with E-state index in [0.717, 1.165) is 22.2 Å². The fourth-order valence-corrected chi connectivity index (χ4v) is 2.87. The Hall–Kier alpha value is -1.86. The molecule has 7 heteroatoms. The zero-order valence-electron chi connectivity index (χ0n) is 12.4. The van der Waals surface area contributed by atoms with Crippen LogP contribution in [-0.4, -0.2) is 12.5 Å². The average molecular weight is 400 g/mol. The predicted octanol–water partition coefficient (Wildman–Crippen LogP) is 4.53. The number of anilines is 1. The molecule has 0 radical (unpaired) electrons. The normalized spacial score (nSPS) is 15.2. The Kier molecular flexibility index (Phi) is 4.64. The summed E-state index contributed by atoms with van der Waals surface area (Å²) in [7, 11) is 0. The highest BCUT2D eigenvalue weighted by Crippen LogP contribution is 2.31. The van der Waals surface area contributed by atoms with Crippen molar-refractivity contribution in [3.8, 4) is 0 Å². The Morgan fingerprint density at radius 1 is 1.08 bits per heavy atom. The first-order valence-corrected chi connectivity index (χ1v) is 7.96. The van der Waals surface area contributed by atoms with Crippen LogP contribution in [0.5, 0.6) is 0 Å². The van der Waals surface area contributed by atoms with E-state index in [2.05, 4.69) is 15.9 Å². The van der Waals surface area contributed by atoms with Crippen LogP contribution in [0.25, 0.3) is 0 Å². The Morgan fingerprint density at radius 3 is 2.46 bits per heavy atom. The summed E-state index contributed by atoms with van der Waals surface area (Å²) in [6.07, 6.45) is -4.37. The first-order valence-electron chi connectivity index (χ1n) is 7.17. The molecular weight excluding hydrogens is 387 g/mol. The van der Waals surface area contributed by atoms with E-state index in [4.69, 9.17) is 4.74 Å². The largest absolute Gasteiger partial charge is 0.416 e. The van der Waals surface area contributed by atoms with Gasteiger partial charge in [-0.05, 0) is 29.8 Å². The number of fused-ring (bicyclic) bond motifs is 1. The van der Waals surface area contributed by atoms with Gasteiger partial charge in [-0.25, -0.2) is 0 Å². The molecule has 0 aromatic heterocycles. The number of alkyl halides is 3. The molecule has 3 rings (SSSR count). The topological polar surface area (TPSA) is 29.5 Å². The highest BCUT2D eigenvalue weighted by atomic mass is 79.9. The van der Waals surface area contributed by atoms with Gasteiger partial charge in [0.1, 0.15) is 6.61 Å². The molecule has 1 aliphatic rings. The third kappa shape index (κ3) is 3.62. The molecule has 0 spiro atoms. The van der Waals surface area contributed by atoms with Gasteiger partial charge in [0, 0.05) is 10.0 Å². The van der Waals surface area contributed by atoms with E-state index >= 15 is 0 Å². The van der Waals surface area contributed by atoms with Gasteiger partial charge in [0.05, 0.1) is 24.4 Å². The van der Waals surface area contributed by atoms with Crippen molar-refractivity contribution in [1.29, 1.82) is 0 Å². The molecule has 2 aromatic rings. The summed E-state index contributed by atoms with van der Waals surface area (Å²) in [6, 6.07) is 10.4. The molecular formula is C17H13BrF3NO2. The quantitative estimate of drug-likeness (QED) is 0.742. The van der Waals surface area contributed by atoms with E-state index in [1.54, 1.807) is 0 Å². The standard InChI is InChI=1S/C17H13BrF3NO2/c18-14-6-3-12-9-24-10-16(23)22(15(12)7-14)8-11-1-4-13(5-2-11)17(19,20)21/h1-7H,8-10H2. The first-order chi connectivity index (χ1) is 11.3. The van der Waals surface area contributed by atoms with E-state index in [-0.39, 0.29) is 19.1 Å². The Balaban J connectivity index is 1.91. The van der Waals surface area contributed by atoms with Gasteiger partial charge in [0.15, 0.2) is 0 Å². The van der Waals surface area contributed by atoms with Gasteiger partial charge in [0.25, 0.3) is 5.91 Å².